The molecule has 0 aliphatic carbocycles. The molecular formula is C27H37Cl2N3O5S. The lowest BCUT2D eigenvalue weighted by Crippen LogP contribution is -2.50. The van der Waals surface area contributed by atoms with Crippen molar-refractivity contribution in [2.24, 2.45) is 0 Å². The summed E-state index contributed by atoms with van der Waals surface area (Å²) in [6, 6.07) is 11.1. The van der Waals surface area contributed by atoms with Crippen molar-refractivity contribution < 1.29 is 22.7 Å². The second kappa shape index (κ2) is 14.6. The summed E-state index contributed by atoms with van der Waals surface area (Å²) in [5, 5.41) is 3.72. The molecule has 0 saturated heterocycles. The average molecular weight is 587 g/mol. The smallest absolute Gasteiger partial charge is 0.243 e. The van der Waals surface area contributed by atoms with E-state index in [9.17, 15) is 18.0 Å². The minimum absolute atomic E-state index is 0.0374. The molecule has 0 aromatic heterocycles. The Balaban J connectivity index is 2.26. The number of hydrogen-bond acceptors (Lipinski definition) is 5. The van der Waals surface area contributed by atoms with Gasteiger partial charge in [-0.25, -0.2) is 8.42 Å². The van der Waals surface area contributed by atoms with E-state index in [1.54, 1.807) is 42.5 Å². The van der Waals surface area contributed by atoms with Gasteiger partial charge in [0, 0.05) is 31.6 Å². The quantitative estimate of drug-likeness (QED) is 0.326. The Bertz CT molecular complexity index is 1210. The van der Waals surface area contributed by atoms with Crippen LogP contribution < -0.4 is 14.4 Å². The molecule has 38 heavy (non-hydrogen) atoms. The van der Waals surface area contributed by atoms with Gasteiger partial charge in [0.2, 0.25) is 21.8 Å². The van der Waals surface area contributed by atoms with Gasteiger partial charge in [0.25, 0.3) is 0 Å². The van der Waals surface area contributed by atoms with Gasteiger partial charge >= 0.3 is 0 Å². The molecule has 0 spiro atoms. The van der Waals surface area contributed by atoms with Crippen molar-refractivity contribution in [3.63, 3.8) is 0 Å². The molecule has 2 amide bonds. The SMILES string of the molecule is CCC(C)NC(=O)C(CC)N(Cc1ccc(Cl)c(Cl)c1)C(=O)CCCN(c1cccc(OC)c1)S(C)(=O)=O. The van der Waals surface area contributed by atoms with Crippen LogP contribution in [0.15, 0.2) is 42.5 Å². The van der Waals surface area contributed by atoms with Crippen molar-refractivity contribution in [1.29, 1.82) is 0 Å². The first-order chi connectivity index (χ1) is 17.9. The fraction of sp³-hybridized carbons (Fsp3) is 0.481. The predicted octanol–water partition coefficient (Wildman–Crippen LogP) is 5.27. The zero-order chi connectivity index (χ0) is 28.5. The molecule has 0 fully saturated rings. The molecule has 210 valence electrons. The summed E-state index contributed by atoms with van der Waals surface area (Å²) in [4.78, 5) is 28.2. The third-order valence-corrected chi connectivity index (χ3v) is 8.15. The van der Waals surface area contributed by atoms with E-state index < -0.39 is 16.1 Å². The van der Waals surface area contributed by atoms with Crippen LogP contribution in [0, 0.1) is 0 Å². The third-order valence-electron chi connectivity index (χ3n) is 6.22. The molecule has 0 bridgehead atoms. The molecule has 2 unspecified atom stereocenters. The molecular weight excluding hydrogens is 549 g/mol. The Labute approximate surface area is 236 Å². The topological polar surface area (TPSA) is 96.0 Å². The van der Waals surface area contributed by atoms with Crippen LogP contribution in [0.25, 0.3) is 0 Å². The second-order valence-corrected chi connectivity index (χ2v) is 11.9. The summed E-state index contributed by atoms with van der Waals surface area (Å²) in [6.07, 6.45) is 2.59. The summed E-state index contributed by atoms with van der Waals surface area (Å²) in [7, 11) is -2.10. The van der Waals surface area contributed by atoms with Gasteiger partial charge in [0.1, 0.15) is 11.8 Å². The van der Waals surface area contributed by atoms with Crippen LogP contribution in [-0.4, -0.2) is 57.1 Å². The van der Waals surface area contributed by atoms with Crippen molar-refractivity contribution in [2.45, 2.75) is 65.1 Å². The number of carbonyl (C=O) groups excluding carboxylic acids is 2. The summed E-state index contributed by atoms with van der Waals surface area (Å²) >= 11 is 12.3. The summed E-state index contributed by atoms with van der Waals surface area (Å²) < 4.78 is 31.5. The van der Waals surface area contributed by atoms with Crippen molar-refractivity contribution in [2.75, 3.05) is 24.2 Å². The second-order valence-electron chi connectivity index (χ2n) is 9.15. The highest BCUT2D eigenvalue weighted by Gasteiger charge is 2.29. The fourth-order valence-electron chi connectivity index (χ4n) is 3.96. The number of amides is 2. The van der Waals surface area contributed by atoms with Gasteiger partial charge < -0.3 is 15.0 Å². The Morgan fingerprint density at radius 3 is 2.34 bits per heavy atom. The molecule has 2 aromatic carbocycles. The number of sulfonamides is 1. The van der Waals surface area contributed by atoms with Gasteiger partial charge in [-0.2, -0.15) is 0 Å². The van der Waals surface area contributed by atoms with E-state index >= 15 is 0 Å². The zero-order valence-corrected chi connectivity index (χ0v) is 24.9. The molecule has 2 atom stereocenters. The van der Waals surface area contributed by atoms with Gasteiger partial charge in [-0.05, 0) is 56.0 Å². The van der Waals surface area contributed by atoms with Crippen LogP contribution in [0.1, 0.15) is 52.0 Å². The minimum atomic E-state index is -3.61. The Hall–Kier alpha value is -2.49. The first kappa shape index (κ1) is 31.7. The van der Waals surface area contributed by atoms with Crippen LogP contribution in [0.4, 0.5) is 5.69 Å². The number of nitrogens with zero attached hydrogens (tertiary/aromatic N) is 2. The van der Waals surface area contributed by atoms with Crippen molar-refractivity contribution >= 4 is 50.7 Å². The number of ether oxygens (including phenoxy) is 1. The maximum absolute atomic E-state index is 13.5. The number of halogens is 2. The summed E-state index contributed by atoms with van der Waals surface area (Å²) in [6.45, 7) is 5.99. The molecule has 0 saturated carbocycles. The van der Waals surface area contributed by atoms with E-state index in [-0.39, 0.29) is 43.8 Å². The largest absolute Gasteiger partial charge is 0.497 e. The lowest BCUT2D eigenvalue weighted by atomic mass is 10.1. The Kier molecular flexibility index (Phi) is 12.2. The van der Waals surface area contributed by atoms with E-state index in [0.29, 0.717) is 27.9 Å². The molecule has 2 rings (SSSR count). The lowest BCUT2D eigenvalue weighted by molar-refractivity contribution is -0.141. The Morgan fingerprint density at radius 1 is 1.05 bits per heavy atom. The normalized spacial score (nSPS) is 12.9. The minimum Gasteiger partial charge on any atom is -0.497 e. The van der Waals surface area contributed by atoms with Gasteiger partial charge in [-0.15, -0.1) is 0 Å². The monoisotopic (exact) mass is 585 g/mol. The van der Waals surface area contributed by atoms with Gasteiger partial charge in [-0.3, -0.25) is 13.9 Å². The van der Waals surface area contributed by atoms with E-state index in [1.807, 2.05) is 20.8 Å². The van der Waals surface area contributed by atoms with Crippen LogP contribution >= 0.6 is 23.2 Å². The summed E-state index contributed by atoms with van der Waals surface area (Å²) in [5.41, 5.74) is 1.18. The third kappa shape index (κ3) is 9.06. The maximum Gasteiger partial charge on any atom is 0.243 e. The van der Waals surface area contributed by atoms with Crippen LogP contribution in [-0.2, 0) is 26.2 Å². The van der Waals surface area contributed by atoms with Crippen molar-refractivity contribution in [3.8, 4) is 5.75 Å². The van der Waals surface area contributed by atoms with Crippen molar-refractivity contribution in [1.82, 2.24) is 10.2 Å². The standard InChI is InChI=1S/C27H37Cl2N3O5S/c1-6-19(3)30-27(34)25(7-2)31(18-20-13-14-23(28)24(29)16-20)26(33)12-9-15-32(38(5,35)36)21-10-8-11-22(17-21)37-4/h8,10-11,13-14,16-17,19,25H,6-7,9,12,15,18H2,1-5H3,(H,30,34). The first-order valence-electron chi connectivity index (χ1n) is 12.6. The van der Waals surface area contributed by atoms with E-state index in [0.717, 1.165) is 18.2 Å². The molecule has 8 nitrogen and oxygen atoms in total. The fourth-order valence-corrected chi connectivity index (χ4v) is 5.24. The predicted molar refractivity (Wildman–Crippen MR) is 153 cm³/mol. The molecule has 2 aromatic rings. The van der Waals surface area contributed by atoms with E-state index in [1.165, 1.54) is 16.3 Å². The molecule has 0 aliphatic heterocycles. The van der Waals surface area contributed by atoms with E-state index in [4.69, 9.17) is 27.9 Å². The van der Waals surface area contributed by atoms with Gasteiger partial charge in [0.15, 0.2) is 0 Å². The highest BCUT2D eigenvalue weighted by atomic mass is 35.5. The zero-order valence-electron chi connectivity index (χ0n) is 22.5. The van der Waals surface area contributed by atoms with E-state index in [2.05, 4.69) is 5.32 Å². The molecule has 0 radical (unpaired) electrons. The van der Waals surface area contributed by atoms with Crippen molar-refractivity contribution in [3.05, 3.63) is 58.1 Å². The maximum atomic E-state index is 13.5. The van der Waals surface area contributed by atoms with Crippen LogP contribution in [0.3, 0.4) is 0 Å². The molecule has 11 heteroatoms. The number of carbonyl (C=O) groups is 2. The highest BCUT2D eigenvalue weighted by molar-refractivity contribution is 7.92. The number of benzene rings is 2. The molecule has 0 aliphatic rings. The number of rotatable bonds is 14. The molecule has 0 heterocycles. The van der Waals surface area contributed by atoms with Gasteiger partial charge in [-0.1, -0.05) is 49.2 Å². The van der Waals surface area contributed by atoms with Gasteiger partial charge in [0.05, 0.1) is 29.1 Å². The average Bonchev–Trinajstić information content (AvgIpc) is 2.87. The van der Waals surface area contributed by atoms with Crippen LogP contribution in [0.2, 0.25) is 10.0 Å². The van der Waals surface area contributed by atoms with Crippen LogP contribution in [0.5, 0.6) is 5.75 Å². The lowest BCUT2D eigenvalue weighted by Gasteiger charge is -2.32. The summed E-state index contributed by atoms with van der Waals surface area (Å²) in [5.74, 6) is 0.0313. The highest BCUT2D eigenvalue weighted by Crippen LogP contribution is 2.26. The molecule has 1 N–H and O–H groups in total. The number of nitrogens with one attached hydrogen (secondary N) is 1. The number of hydrogen-bond donors (Lipinski definition) is 1. The number of anilines is 1. The Morgan fingerprint density at radius 2 is 1.76 bits per heavy atom. The first-order valence-corrected chi connectivity index (χ1v) is 15.2. The number of methoxy groups -OCH3 is 1.